The van der Waals surface area contributed by atoms with E-state index in [9.17, 15) is 21.8 Å². The summed E-state index contributed by atoms with van der Waals surface area (Å²) in [7, 11) is -1.71. The maximum Gasteiger partial charge on any atom is 0.227 e. The fourth-order valence-corrected chi connectivity index (χ4v) is 3.30. The minimum Gasteiger partial charge on any atom is -0.496 e. The van der Waals surface area contributed by atoms with Gasteiger partial charge in [-0.3, -0.25) is 9.35 Å². The number of benzene rings is 2. The van der Waals surface area contributed by atoms with Crippen LogP contribution < -0.4 is 15.2 Å². The zero-order chi connectivity index (χ0) is 22.1. The minimum absolute atomic E-state index is 0.00688. The number of hydrogen-bond acceptors (Lipinski definition) is 5. The zero-order valence-corrected chi connectivity index (χ0v) is 16.6. The van der Waals surface area contributed by atoms with E-state index in [2.05, 4.69) is 15.3 Å². The highest BCUT2D eigenvalue weighted by Gasteiger charge is 2.16. The Morgan fingerprint density at radius 3 is 2.53 bits per heavy atom. The van der Waals surface area contributed by atoms with Crippen molar-refractivity contribution in [3.63, 3.8) is 0 Å². The minimum atomic E-state index is -3.00. The van der Waals surface area contributed by atoms with Crippen molar-refractivity contribution in [3.05, 3.63) is 65.4 Å². The van der Waals surface area contributed by atoms with E-state index in [1.165, 1.54) is 13.2 Å². The normalized spacial score (nSPS) is 12.9. The van der Waals surface area contributed by atoms with E-state index < -0.39 is 33.0 Å². The first kappa shape index (κ1) is 21.5. The summed E-state index contributed by atoms with van der Waals surface area (Å²) in [6, 6.07) is 5.44. The van der Waals surface area contributed by atoms with Crippen LogP contribution in [0.4, 0.5) is 29.2 Å². The van der Waals surface area contributed by atoms with Crippen LogP contribution in [-0.2, 0) is 9.71 Å². The van der Waals surface area contributed by atoms with E-state index in [4.69, 9.17) is 9.88 Å². The Hall–Kier alpha value is -3.18. The van der Waals surface area contributed by atoms with Crippen LogP contribution in [0.2, 0.25) is 0 Å². The molecule has 0 bridgehead atoms. The molecule has 0 amide bonds. The quantitative estimate of drug-likeness (QED) is 0.469. The van der Waals surface area contributed by atoms with E-state index >= 15 is 0 Å². The van der Waals surface area contributed by atoms with Gasteiger partial charge in [-0.05, 0) is 18.2 Å². The monoisotopic (exact) mass is 440 g/mol. The first-order chi connectivity index (χ1) is 14.1. The van der Waals surface area contributed by atoms with Gasteiger partial charge in [-0.25, -0.2) is 27.5 Å². The molecule has 0 radical (unpaired) electrons. The maximum absolute atomic E-state index is 14.3. The zero-order valence-electron chi connectivity index (χ0n) is 15.7. The Kier molecular flexibility index (Phi) is 5.94. The molecule has 0 fully saturated rings. The highest BCUT2D eigenvalue weighted by molar-refractivity contribution is 7.98. The van der Waals surface area contributed by atoms with Gasteiger partial charge in [-0.1, -0.05) is 0 Å². The second kappa shape index (κ2) is 8.28. The van der Waals surface area contributed by atoms with E-state index in [1.54, 1.807) is 0 Å². The van der Waals surface area contributed by atoms with Crippen LogP contribution in [0.25, 0.3) is 11.3 Å². The number of hydrogen-bond donors (Lipinski definition) is 2. The van der Waals surface area contributed by atoms with Crippen LogP contribution in [-0.4, -0.2) is 32.9 Å². The number of halogens is 4. The fourth-order valence-electron chi connectivity index (χ4n) is 2.63. The third-order valence-electron chi connectivity index (χ3n) is 3.84. The molecule has 11 heteroatoms. The molecular formula is C19H16F4N4O2S. The van der Waals surface area contributed by atoms with Gasteiger partial charge >= 0.3 is 0 Å². The summed E-state index contributed by atoms with van der Waals surface area (Å²) in [6.07, 6.45) is 2.02. The number of methoxy groups -OCH3 is 1. The summed E-state index contributed by atoms with van der Waals surface area (Å²) in [6.45, 7) is 0. The molecule has 0 aliphatic heterocycles. The Balaban J connectivity index is 2.04. The van der Waals surface area contributed by atoms with Crippen LogP contribution in [0.1, 0.15) is 5.56 Å². The van der Waals surface area contributed by atoms with Crippen LogP contribution in [0.15, 0.2) is 36.5 Å². The van der Waals surface area contributed by atoms with Crippen molar-refractivity contribution >= 4 is 26.7 Å². The first-order valence-corrected chi connectivity index (χ1v) is 10.4. The molecule has 0 aliphatic carbocycles. The standard InChI is InChI=1S/C19H16F4N4O2S/c1-29-16-6-11(20)3-4-13(16)18-15(22)8-25-19(27-18)26-12-5-10(9-30(2,24)28)17(23)14(21)7-12/h3-9H,1-2H3,(H2,24,28)(H,25,26,27). The Morgan fingerprint density at radius 1 is 1.13 bits per heavy atom. The van der Waals surface area contributed by atoms with Gasteiger partial charge in [0, 0.05) is 50.3 Å². The number of anilines is 2. The van der Waals surface area contributed by atoms with Gasteiger partial charge in [0.2, 0.25) is 5.95 Å². The predicted molar refractivity (Wildman–Crippen MR) is 107 cm³/mol. The van der Waals surface area contributed by atoms with Gasteiger partial charge in [-0.2, -0.15) is 0 Å². The smallest absolute Gasteiger partial charge is 0.227 e. The number of ether oxygens (including phenoxy) is 1. The number of rotatable bonds is 5. The Labute approximate surface area is 169 Å². The van der Waals surface area contributed by atoms with E-state index in [-0.39, 0.29) is 34.2 Å². The molecule has 1 heterocycles. The van der Waals surface area contributed by atoms with Crippen molar-refractivity contribution < 1.29 is 26.5 Å². The number of nitrogens with zero attached hydrogens (tertiary/aromatic N) is 2. The van der Waals surface area contributed by atoms with E-state index in [1.807, 2.05) is 0 Å². The molecule has 3 aromatic rings. The summed E-state index contributed by atoms with van der Waals surface area (Å²) in [5, 5.41) is 8.91. The first-order valence-electron chi connectivity index (χ1n) is 8.31. The second-order valence-electron chi connectivity index (χ2n) is 6.31. The summed E-state index contributed by atoms with van der Waals surface area (Å²) in [5.74, 6) is -3.95. The lowest BCUT2D eigenvalue weighted by Crippen LogP contribution is -2.14. The van der Waals surface area contributed by atoms with Gasteiger partial charge in [0.15, 0.2) is 17.5 Å². The number of nitrogens with one attached hydrogen (secondary N) is 1. The summed E-state index contributed by atoms with van der Waals surface area (Å²) < 4.78 is 72.4. The fraction of sp³-hybridized carbons (Fsp3) is 0.105. The highest BCUT2D eigenvalue weighted by Crippen LogP contribution is 2.31. The van der Waals surface area contributed by atoms with Crippen molar-refractivity contribution in [2.75, 3.05) is 18.7 Å². The third kappa shape index (κ3) is 4.86. The van der Waals surface area contributed by atoms with E-state index in [0.717, 1.165) is 42.1 Å². The average molecular weight is 440 g/mol. The van der Waals surface area contributed by atoms with Crippen molar-refractivity contribution in [3.8, 4) is 17.0 Å². The number of nitrogens with two attached hydrogens (primary N) is 1. The Morgan fingerprint density at radius 2 is 1.87 bits per heavy atom. The molecule has 3 N–H and O–H groups in total. The molecule has 30 heavy (non-hydrogen) atoms. The molecule has 0 saturated carbocycles. The molecule has 6 nitrogen and oxygen atoms in total. The van der Waals surface area contributed by atoms with Crippen LogP contribution in [0.5, 0.6) is 5.75 Å². The predicted octanol–water partition coefficient (Wildman–Crippen LogP) is 3.39. The summed E-state index contributed by atoms with van der Waals surface area (Å²) in [4.78, 5) is 7.79. The average Bonchev–Trinajstić information content (AvgIpc) is 2.66. The largest absolute Gasteiger partial charge is 0.496 e. The molecule has 1 aromatic heterocycles. The topological polar surface area (TPSA) is 90.1 Å². The van der Waals surface area contributed by atoms with Crippen LogP contribution >= 0.6 is 0 Å². The molecule has 0 saturated heterocycles. The summed E-state index contributed by atoms with van der Waals surface area (Å²) >= 11 is 0. The van der Waals surface area contributed by atoms with Gasteiger partial charge in [0.1, 0.15) is 17.3 Å². The van der Waals surface area contributed by atoms with Crippen molar-refractivity contribution in [2.24, 2.45) is 5.14 Å². The van der Waals surface area contributed by atoms with E-state index in [0.29, 0.717) is 0 Å². The molecule has 3 rings (SSSR count). The van der Waals surface area contributed by atoms with Crippen LogP contribution in [0.3, 0.4) is 0 Å². The molecule has 2 aromatic carbocycles. The molecular weight excluding hydrogens is 424 g/mol. The summed E-state index contributed by atoms with van der Waals surface area (Å²) in [5.41, 5.74) is -0.352. The van der Waals surface area contributed by atoms with Gasteiger partial charge in [-0.15, -0.1) is 0 Å². The van der Waals surface area contributed by atoms with Gasteiger partial charge < -0.3 is 10.1 Å². The Bertz CT molecular complexity index is 1240. The van der Waals surface area contributed by atoms with Gasteiger partial charge in [0.25, 0.3) is 0 Å². The molecule has 0 aliphatic rings. The van der Waals surface area contributed by atoms with Gasteiger partial charge in [0.05, 0.1) is 13.3 Å². The van der Waals surface area contributed by atoms with Crippen molar-refractivity contribution in [1.82, 2.24) is 9.97 Å². The van der Waals surface area contributed by atoms with Crippen molar-refractivity contribution in [2.45, 2.75) is 0 Å². The SMILES string of the molecule is COc1cc(F)ccc1-c1nc(Nc2cc(F)c(F)c(C=S(C)(N)=O)c2)ncc1F. The maximum atomic E-state index is 14.3. The van der Waals surface area contributed by atoms with Crippen LogP contribution in [0, 0.1) is 23.3 Å². The lowest BCUT2D eigenvalue weighted by Gasteiger charge is -2.11. The molecule has 1 unspecified atom stereocenters. The number of aromatic nitrogens is 2. The molecule has 158 valence electrons. The second-order valence-corrected chi connectivity index (χ2v) is 8.47. The highest BCUT2D eigenvalue weighted by atomic mass is 32.2. The lowest BCUT2D eigenvalue weighted by molar-refractivity contribution is 0.412. The molecule has 0 spiro atoms. The molecule has 1 atom stereocenters. The third-order valence-corrected chi connectivity index (χ3v) is 4.56. The lowest BCUT2D eigenvalue weighted by atomic mass is 10.1. The van der Waals surface area contributed by atoms with Crippen molar-refractivity contribution in [1.29, 1.82) is 0 Å².